The summed E-state index contributed by atoms with van der Waals surface area (Å²) in [7, 11) is 0. The zero-order valence-electron chi connectivity index (χ0n) is 10.2. The SMILES string of the molecule is CC(=O)n1nc(N2CCCC2)c2c(Cl)cccc21. The molecule has 0 unspecified atom stereocenters. The molecule has 1 aliphatic heterocycles. The molecule has 1 saturated heterocycles. The molecule has 1 aromatic carbocycles. The van der Waals surface area contributed by atoms with Crippen molar-refractivity contribution in [3.63, 3.8) is 0 Å². The number of aromatic nitrogens is 2. The molecular weight excluding hydrogens is 250 g/mol. The van der Waals surface area contributed by atoms with Gasteiger partial charge in [-0.2, -0.15) is 4.68 Å². The van der Waals surface area contributed by atoms with Gasteiger partial charge in [0, 0.05) is 20.0 Å². The van der Waals surface area contributed by atoms with E-state index in [2.05, 4.69) is 10.00 Å². The van der Waals surface area contributed by atoms with Crippen LogP contribution in [0.3, 0.4) is 0 Å². The summed E-state index contributed by atoms with van der Waals surface area (Å²) in [5.74, 6) is 0.746. The Kier molecular flexibility index (Phi) is 2.74. The molecule has 2 aromatic rings. The Balaban J connectivity index is 2.27. The van der Waals surface area contributed by atoms with Gasteiger partial charge in [-0.1, -0.05) is 17.7 Å². The van der Waals surface area contributed by atoms with Gasteiger partial charge in [0.25, 0.3) is 0 Å². The predicted octanol–water partition coefficient (Wildman–Crippen LogP) is 2.95. The molecule has 0 bridgehead atoms. The zero-order valence-corrected chi connectivity index (χ0v) is 10.9. The number of hydrogen-bond acceptors (Lipinski definition) is 3. The fourth-order valence-corrected chi connectivity index (χ4v) is 2.75. The lowest BCUT2D eigenvalue weighted by atomic mass is 10.2. The number of hydrogen-bond donors (Lipinski definition) is 0. The number of carbonyl (C=O) groups excluding carboxylic acids is 1. The third-order valence-electron chi connectivity index (χ3n) is 3.34. The molecule has 2 heterocycles. The number of rotatable bonds is 1. The summed E-state index contributed by atoms with van der Waals surface area (Å²) in [6.07, 6.45) is 2.33. The first-order chi connectivity index (χ1) is 8.68. The molecule has 0 radical (unpaired) electrons. The van der Waals surface area contributed by atoms with Crippen molar-refractivity contribution in [1.29, 1.82) is 0 Å². The van der Waals surface area contributed by atoms with Crippen LogP contribution in [0.25, 0.3) is 10.9 Å². The van der Waals surface area contributed by atoms with Crippen molar-refractivity contribution < 1.29 is 4.79 Å². The maximum Gasteiger partial charge on any atom is 0.244 e. The molecule has 0 aliphatic carbocycles. The average Bonchev–Trinajstić information content (AvgIpc) is 2.95. The molecule has 0 spiro atoms. The topological polar surface area (TPSA) is 38.1 Å². The van der Waals surface area contributed by atoms with Gasteiger partial charge in [-0.05, 0) is 25.0 Å². The van der Waals surface area contributed by atoms with E-state index in [0.717, 1.165) is 29.8 Å². The van der Waals surface area contributed by atoms with E-state index in [-0.39, 0.29) is 5.91 Å². The van der Waals surface area contributed by atoms with Crippen molar-refractivity contribution in [2.24, 2.45) is 0 Å². The monoisotopic (exact) mass is 263 g/mol. The Labute approximate surface area is 110 Å². The molecule has 0 N–H and O–H groups in total. The number of benzene rings is 1. The van der Waals surface area contributed by atoms with Gasteiger partial charge in [-0.3, -0.25) is 4.79 Å². The Morgan fingerprint density at radius 3 is 2.72 bits per heavy atom. The lowest BCUT2D eigenvalue weighted by molar-refractivity contribution is 0.0927. The van der Waals surface area contributed by atoms with E-state index in [1.54, 1.807) is 0 Å². The van der Waals surface area contributed by atoms with Crippen LogP contribution in [0.5, 0.6) is 0 Å². The van der Waals surface area contributed by atoms with Crippen LogP contribution in [0.2, 0.25) is 5.02 Å². The van der Waals surface area contributed by atoms with Crippen molar-refractivity contribution >= 4 is 34.2 Å². The second kappa shape index (κ2) is 4.28. The molecule has 1 fully saturated rings. The fraction of sp³-hybridized carbons (Fsp3) is 0.385. The van der Waals surface area contributed by atoms with Crippen LogP contribution in [-0.2, 0) is 0 Å². The number of carbonyl (C=O) groups is 1. The highest BCUT2D eigenvalue weighted by Crippen LogP contribution is 2.33. The van der Waals surface area contributed by atoms with Crippen molar-refractivity contribution in [3.8, 4) is 0 Å². The Hall–Kier alpha value is -1.55. The maximum absolute atomic E-state index is 11.6. The number of anilines is 1. The summed E-state index contributed by atoms with van der Waals surface area (Å²) in [4.78, 5) is 13.8. The molecule has 5 heteroatoms. The van der Waals surface area contributed by atoms with Crippen LogP contribution >= 0.6 is 11.6 Å². The van der Waals surface area contributed by atoms with E-state index >= 15 is 0 Å². The number of nitrogens with zero attached hydrogens (tertiary/aromatic N) is 3. The third kappa shape index (κ3) is 1.68. The van der Waals surface area contributed by atoms with Crippen LogP contribution in [0.15, 0.2) is 18.2 Å². The molecular formula is C13H14ClN3O. The van der Waals surface area contributed by atoms with Gasteiger partial charge >= 0.3 is 0 Å². The van der Waals surface area contributed by atoms with E-state index in [9.17, 15) is 4.79 Å². The number of fused-ring (bicyclic) bond motifs is 1. The molecule has 0 atom stereocenters. The molecule has 18 heavy (non-hydrogen) atoms. The summed E-state index contributed by atoms with van der Waals surface area (Å²) in [5, 5.41) is 5.98. The minimum Gasteiger partial charge on any atom is -0.355 e. The minimum atomic E-state index is -0.0901. The normalized spacial score (nSPS) is 15.6. The van der Waals surface area contributed by atoms with Crippen molar-refractivity contribution in [2.45, 2.75) is 19.8 Å². The zero-order chi connectivity index (χ0) is 12.7. The van der Waals surface area contributed by atoms with E-state index in [0.29, 0.717) is 5.02 Å². The highest BCUT2D eigenvalue weighted by Gasteiger charge is 2.22. The highest BCUT2D eigenvalue weighted by atomic mass is 35.5. The molecule has 0 saturated carbocycles. The second-order valence-corrected chi connectivity index (χ2v) is 4.99. The van der Waals surface area contributed by atoms with E-state index in [1.165, 1.54) is 24.4 Å². The summed E-state index contributed by atoms with van der Waals surface area (Å²) >= 11 is 6.27. The first kappa shape index (κ1) is 11.5. The molecule has 94 valence electrons. The summed E-state index contributed by atoms with van der Waals surface area (Å²) in [5.41, 5.74) is 0.789. The van der Waals surface area contributed by atoms with E-state index < -0.39 is 0 Å². The van der Waals surface area contributed by atoms with Crippen LogP contribution in [0, 0.1) is 0 Å². The largest absolute Gasteiger partial charge is 0.355 e. The molecule has 1 aliphatic rings. The van der Waals surface area contributed by atoms with Crippen LogP contribution in [0.1, 0.15) is 24.6 Å². The molecule has 0 amide bonds. The Morgan fingerprint density at radius 2 is 2.06 bits per heavy atom. The number of halogens is 1. The lowest BCUT2D eigenvalue weighted by Gasteiger charge is -2.14. The molecule has 3 rings (SSSR count). The lowest BCUT2D eigenvalue weighted by Crippen LogP contribution is -2.19. The first-order valence-corrected chi connectivity index (χ1v) is 6.49. The van der Waals surface area contributed by atoms with Gasteiger partial charge < -0.3 is 4.90 Å². The van der Waals surface area contributed by atoms with Crippen molar-refractivity contribution in [3.05, 3.63) is 23.2 Å². The van der Waals surface area contributed by atoms with Gasteiger partial charge in [0.1, 0.15) is 0 Å². The van der Waals surface area contributed by atoms with Gasteiger partial charge in [-0.15, -0.1) is 5.10 Å². The molecule has 1 aromatic heterocycles. The summed E-state index contributed by atoms with van der Waals surface area (Å²) < 4.78 is 1.44. The van der Waals surface area contributed by atoms with Crippen molar-refractivity contribution in [1.82, 2.24) is 9.78 Å². The van der Waals surface area contributed by atoms with Crippen LogP contribution in [0.4, 0.5) is 5.82 Å². The minimum absolute atomic E-state index is 0.0901. The van der Waals surface area contributed by atoms with Crippen LogP contribution in [-0.4, -0.2) is 28.8 Å². The Morgan fingerprint density at radius 1 is 1.33 bits per heavy atom. The van der Waals surface area contributed by atoms with Gasteiger partial charge in [0.15, 0.2) is 5.82 Å². The fourth-order valence-electron chi connectivity index (χ4n) is 2.50. The quantitative estimate of drug-likeness (QED) is 0.794. The van der Waals surface area contributed by atoms with Crippen LogP contribution < -0.4 is 4.90 Å². The van der Waals surface area contributed by atoms with E-state index in [1.807, 2.05) is 18.2 Å². The first-order valence-electron chi connectivity index (χ1n) is 6.11. The van der Waals surface area contributed by atoms with Crippen molar-refractivity contribution in [2.75, 3.05) is 18.0 Å². The standard InChI is InChI=1S/C13H14ClN3O/c1-9(18)17-11-6-4-5-10(14)12(11)13(15-17)16-7-2-3-8-16/h4-6H,2-3,7-8H2,1H3. The maximum atomic E-state index is 11.6. The smallest absolute Gasteiger partial charge is 0.244 e. The second-order valence-electron chi connectivity index (χ2n) is 4.58. The summed E-state index contributed by atoms with van der Waals surface area (Å²) in [6.45, 7) is 3.48. The average molecular weight is 264 g/mol. The third-order valence-corrected chi connectivity index (χ3v) is 3.66. The van der Waals surface area contributed by atoms with E-state index in [4.69, 9.17) is 11.6 Å². The van der Waals surface area contributed by atoms with Gasteiger partial charge in [0.2, 0.25) is 5.91 Å². The van der Waals surface area contributed by atoms with Gasteiger partial charge in [0.05, 0.1) is 15.9 Å². The van der Waals surface area contributed by atoms with Gasteiger partial charge in [-0.25, -0.2) is 0 Å². The highest BCUT2D eigenvalue weighted by molar-refractivity contribution is 6.36. The Bertz CT molecular complexity index is 614. The predicted molar refractivity (Wildman–Crippen MR) is 72.5 cm³/mol. The molecule has 4 nitrogen and oxygen atoms in total. The summed E-state index contributed by atoms with van der Waals surface area (Å²) in [6, 6.07) is 5.57.